The van der Waals surface area contributed by atoms with Gasteiger partial charge in [0.25, 0.3) is 0 Å². The van der Waals surface area contributed by atoms with Crippen molar-refractivity contribution in [1.82, 2.24) is 19.4 Å². The molecule has 1 saturated heterocycles. The molecule has 0 saturated carbocycles. The second-order valence-electron chi connectivity index (χ2n) is 4.69. The standard InChI is InChI=1S/C12H14N4O3/c17-11-14-9-7-13-4-1-10(9)16(11)8-2-5-15(6-3-8)12(18)19/h1,4,7-8H,2-3,5-6H2,(H,14,17)(H,18,19). The summed E-state index contributed by atoms with van der Waals surface area (Å²) in [4.78, 5) is 31.0. The molecule has 2 N–H and O–H groups in total. The second kappa shape index (κ2) is 4.42. The van der Waals surface area contributed by atoms with E-state index in [4.69, 9.17) is 5.11 Å². The van der Waals surface area contributed by atoms with Crippen LogP contribution in [0.5, 0.6) is 0 Å². The third-order valence-corrected chi connectivity index (χ3v) is 3.62. The highest BCUT2D eigenvalue weighted by Gasteiger charge is 2.25. The van der Waals surface area contributed by atoms with Crippen molar-refractivity contribution in [3.05, 3.63) is 28.9 Å². The van der Waals surface area contributed by atoms with Crippen LogP contribution in [0.2, 0.25) is 0 Å². The molecule has 0 unspecified atom stereocenters. The topological polar surface area (TPSA) is 91.2 Å². The van der Waals surface area contributed by atoms with Gasteiger partial charge in [0.15, 0.2) is 0 Å². The van der Waals surface area contributed by atoms with E-state index in [0.29, 0.717) is 31.4 Å². The lowest BCUT2D eigenvalue weighted by atomic mass is 10.1. The number of rotatable bonds is 1. The highest BCUT2D eigenvalue weighted by atomic mass is 16.4. The van der Waals surface area contributed by atoms with Crippen LogP contribution in [0.1, 0.15) is 18.9 Å². The van der Waals surface area contributed by atoms with Crippen molar-refractivity contribution in [3.8, 4) is 0 Å². The fraction of sp³-hybridized carbons (Fsp3) is 0.417. The molecular formula is C12H14N4O3. The number of imidazole rings is 1. The quantitative estimate of drug-likeness (QED) is 0.803. The van der Waals surface area contributed by atoms with E-state index in [0.717, 1.165) is 5.52 Å². The number of nitrogens with zero attached hydrogens (tertiary/aromatic N) is 3. The van der Waals surface area contributed by atoms with Gasteiger partial charge in [-0.1, -0.05) is 0 Å². The third-order valence-electron chi connectivity index (χ3n) is 3.62. The van der Waals surface area contributed by atoms with Crippen molar-refractivity contribution in [2.45, 2.75) is 18.9 Å². The average Bonchev–Trinajstić information content (AvgIpc) is 2.74. The highest BCUT2D eigenvalue weighted by Crippen LogP contribution is 2.24. The lowest BCUT2D eigenvalue weighted by Gasteiger charge is -2.30. The van der Waals surface area contributed by atoms with Gasteiger partial charge in [-0.05, 0) is 18.9 Å². The van der Waals surface area contributed by atoms with E-state index < -0.39 is 6.09 Å². The molecule has 0 bridgehead atoms. The summed E-state index contributed by atoms with van der Waals surface area (Å²) < 4.78 is 1.72. The maximum absolute atomic E-state index is 12.0. The zero-order valence-electron chi connectivity index (χ0n) is 10.2. The fourth-order valence-corrected chi connectivity index (χ4v) is 2.66. The SMILES string of the molecule is O=C(O)N1CCC(n2c(=O)[nH]c3cnccc32)CC1. The van der Waals surface area contributed by atoms with Crippen LogP contribution in [0.3, 0.4) is 0 Å². The summed E-state index contributed by atoms with van der Waals surface area (Å²) in [5, 5.41) is 8.92. The first-order valence-electron chi connectivity index (χ1n) is 6.19. The number of carboxylic acid groups (broad SMARTS) is 1. The molecule has 1 amide bonds. The van der Waals surface area contributed by atoms with Crippen molar-refractivity contribution < 1.29 is 9.90 Å². The largest absolute Gasteiger partial charge is 0.465 e. The van der Waals surface area contributed by atoms with E-state index in [1.807, 2.05) is 0 Å². The number of hydrogen-bond donors (Lipinski definition) is 2. The zero-order valence-corrected chi connectivity index (χ0v) is 10.2. The van der Waals surface area contributed by atoms with E-state index in [2.05, 4.69) is 9.97 Å². The normalized spacial score (nSPS) is 16.9. The summed E-state index contributed by atoms with van der Waals surface area (Å²) in [6, 6.07) is 1.84. The number of piperidine rings is 1. The van der Waals surface area contributed by atoms with E-state index >= 15 is 0 Å². The third kappa shape index (κ3) is 1.96. The molecule has 0 atom stereocenters. The van der Waals surface area contributed by atoms with Gasteiger partial charge in [-0.15, -0.1) is 0 Å². The van der Waals surface area contributed by atoms with Gasteiger partial charge in [-0.2, -0.15) is 0 Å². The molecule has 2 aromatic rings. The zero-order chi connectivity index (χ0) is 13.4. The Kier molecular flexibility index (Phi) is 2.73. The van der Waals surface area contributed by atoms with Crippen LogP contribution in [0.25, 0.3) is 11.0 Å². The predicted molar refractivity (Wildman–Crippen MR) is 68.2 cm³/mol. The number of H-pyrrole nitrogens is 1. The lowest BCUT2D eigenvalue weighted by Crippen LogP contribution is -2.39. The molecule has 0 aliphatic carbocycles. The Balaban J connectivity index is 1.92. The Morgan fingerprint density at radius 1 is 1.42 bits per heavy atom. The monoisotopic (exact) mass is 262 g/mol. The summed E-state index contributed by atoms with van der Waals surface area (Å²) in [6.45, 7) is 0.925. The number of likely N-dealkylation sites (tertiary alicyclic amines) is 1. The Hall–Kier alpha value is -2.31. The van der Waals surface area contributed by atoms with Crippen molar-refractivity contribution in [2.24, 2.45) is 0 Å². The van der Waals surface area contributed by atoms with E-state index in [-0.39, 0.29) is 11.7 Å². The minimum atomic E-state index is -0.895. The number of nitrogens with one attached hydrogen (secondary N) is 1. The summed E-state index contributed by atoms with van der Waals surface area (Å²) in [5.74, 6) is 0. The molecule has 0 radical (unpaired) electrons. The molecule has 1 aliphatic heterocycles. The molecule has 3 heterocycles. The molecule has 0 spiro atoms. The Morgan fingerprint density at radius 3 is 2.84 bits per heavy atom. The molecule has 1 fully saturated rings. The number of carbonyl (C=O) groups is 1. The lowest BCUT2D eigenvalue weighted by molar-refractivity contribution is 0.125. The molecule has 3 rings (SSSR count). The molecule has 7 nitrogen and oxygen atoms in total. The first-order valence-corrected chi connectivity index (χ1v) is 6.19. The minimum Gasteiger partial charge on any atom is -0.465 e. The minimum absolute atomic E-state index is 0.0410. The van der Waals surface area contributed by atoms with Crippen molar-refractivity contribution in [1.29, 1.82) is 0 Å². The molecule has 7 heteroatoms. The second-order valence-corrected chi connectivity index (χ2v) is 4.69. The molecule has 0 aromatic carbocycles. The van der Waals surface area contributed by atoms with Gasteiger partial charge in [0.05, 0.1) is 17.2 Å². The van der Waals surface area contributed by atoms with Crippen LogP contribution < -0.4 is 5.69 Å². The van der Waals surface area contributed by atoms with Crippen LogP contribution in [0.15, 0.2) is 23.3 Å². The number of pyridine rings is 1. The Bertz CT molecular complexity index is 667. The fourth-order valence-electron chi connectivity index (χ4n) is 2.66. The van der Waals surface area contributed by atoms with Crippen LogP contribution >= 0.6 is 0 Å². The molecular weight excluding hydrogens is 248 g/mol. The number of amides is 1. The average molecular weight is 262 g/mol. The number of aromatic nitrogens is 3. The van der Waals surface area contributed by atoms with Crippen LogP contribution in [-0.4, -0.2) is 43.7 Å². The van der Waals surface area contributed by atoms with Gasteiger partial charge < -0.3 is 15.0 Å². The maximum Gasteiger partial charge on any atom is 0.407 e. The summed E-state index contributed by atoms with van der Waals surface area (Å²) >= 11 is 0. The summed E-state index contributed by atoms with van der Waals surface area (Å²) in [5.41, 5.74) is 1.39. The first kappa shape index (κ1) is 11.8. The van der Waals surface area contributed by atoms with Gasteiger partial charge >= 0.3 is 11.8 Å². The van der Waals surface area contributed by atoms with Gasteiger partial charge in [-0.25, -0.2) is 9.59 Å². The van der Waals surface area contributed by atoms with Gasteiger partial charge in [0, 0.05) is 25.3 Å². The van der Waals surface area contributed by atoms with Crippen LogP contribution in [-0.2, 0) is 0 Å². The van der Waals surface area contributed by atoms with E-state index in [1.165, 1.54) is 4.90 Å². The summed E-state index contributed by atoms with van der Waals surface area (Å²) in [7, 11) is 0. The van der Waals surface area contributed by atoms with Crippen molar-refractivity contribution in [2.75, 3.05) is 13.1 Å². The molecule has 2 aromatic heterocycles. The smallest absolute Gasteiger partial charge is 0.407 e. The number of fused-ring (bicyclic) bond motifs is 1. The van der Waals surface area contributed by atoms with E-state index in [1.54, 1.807) is 23.0 Å². The van der Waals surface area contributed by atoms with Gasteiger partial charge in [0.2, 0.25) is 0 Å². The van der Waals surface area contributed by atoms with Crippen molar-refractivity contribution >= 4 is 17.1 Å². The van der Waals surface area contributed by atoms with Crippen LogP contribution in [0.4, 0.5) is 4.79 Å². The number of aromatic amines is 1. The Labute approximate surface area is 108 Å². The maximum atomic E-state index is 12.0. The van der Waals surface area contributed by atoms with E-state index in [9.17, 15) is 9.59 Å². The Morgan fingerprint density at radius 2 is 2.16 bits per heavy atom. The van der Waals surface area contributed by atoms with Crippen LogP contribution in [0, 0.1) is 0 Å². The molecule has 100 valence electrons. The predicted octanol–water partition coefficient (Wildman–Crippen LogP) is 1.04. The molecule has 19 heavy (non-hydrogen) atoms. The summed E-state index contributed by atoms with van der Waals surface area (Å²) in [6.07, 6.45) is 3.69. The van der Waals surface area contributed by atoms with Gasteiger partial charge in [0.1, 0.15) is 0 Å². The highest BCUT2D eigenvalue weighted by molar-refractivity contribution is 5.73. The van der Waals surface area contributed by atoms with Gasteiger partial charge in [-0.3, -0.25) is 9.55 Å². The molecule has 1 aliphatic rings. The first-order chi connectivity index (χ1) is 9.16. The number of hydrogen-bond acceptors (Lipinski definition) is 3. The van der Waals surface area contributed by atoms with Crippen molar-refractivity contribution in [3.63, 3.8) is 0 Å².